The molecule has 8 aromatic rings. The molecule has 222 valence electrons. The monoisotopic (exact) mass is 607 g/mol. The van der Waals surface area contributed by atoms with E-state index >= 15 is 0 Å². The molecule has 11 rings (SSSR count). The van der Waals surface area contributed by atoms with Crippen LogP contribution in [0, 0.1) is 0 Å². The minimum atomic E-state index is 0.820. The number of rotatable bonds is 3. The molecule has 0 aromatic heterocycles. The lowest BCUT2D eigenvalue weighted by Crippen LogP contribution is -2.11. The predicted molar refractivity (Wildman–Crippen MR) is 202 cm³/mol. The second-order valence-corrected chi connectivity index (χ2v) is 13.3. The maximum Gasteiger partial charge on any atom is 0.0407 e. The molecule has 48 heavy (non-hydrogen) atoms. The minimum absolute atomic E-state index is 0.820. The van der Waals surface area contributed by atoms with E-state index in [1.54, 1.807) is 0 Å². The molecule has 2 aliphatic carbocycles. The topological polar surface area (TPSA) is 12.0 Å². The van der Waals surface area contributed by atoms with E-state index in [9.17, 15) is 0 Å². The largest absolute Gasteiger partial charge is 0.387 e. The first-order chi connectivity index (χ1) is 23.8. The number of benzene rings is 8. The van der Waals surface area contributed by atoms with E-state index in [0.717, 1.165) is 6.54 Å². The van der Waals surface area contributed by atoms with E-state index in [1.807, 2.05) is 0 Å². The van der Waals surface area contributed by atoms with Crippen molar-refractivity contribution in [3.05, 3.63) is 163 Å². The third-order valence-corrected chi connectivity index (χ3v) is 10.8. The summed E-state index contributed by atoms with van der Waals surface area (Å²) in [6.07, 6.45) is 4.25. The number of hydrogen-bond acceptors (Lipinski definition) is 1. The van der Waals surface area contributed by atoms with Crippen molar-refractivity contribution in [2.24, 2.45) is 0 Å². The van der Waals surface area contributed by atoms with Crippen LogP contribution in [0.4, 0.5) is 0 Å². The van der Waals surface area contributed by atoms with Gasteiger partial charge in [-0.05, 0) is 141 Å². The van der Waals surface area contributed by atoms with Crippen molar-refractivity contribution in [2.45, 2.75) is 6.54 Å². The molecule has 1 heteroatoms. The normalized spacial score (nSPS) is 13.0. The Bertz CT molecular complexity index is 2510. The first kappa shape index (κ1) is 25.9. The minimum Gasteiger partial charge on any atom is -0.387 e. The van der Waals surface area contributed by atoms with E-state index in [-0.39, 0.29) is 0 Å². The summed E-state index contributed by atoms with van der Waals surface area (Å²) in [7, 11) is 0. The summed E-state index contributed by atoms with van der Waals surface area (Å²) in [6, 6.07) is 54.7. The first-order valence-electron chi connectivity index (χ1n) is 16.8. The second kappa shape index (κ2) is 9.67. The van der Waals surface area contributed by atoms with Crippen LogP contribution >= 0.6 is 0 Å². The van der Waals surface area contributed by atoms with Gasteiger partial charge in [-0.15, -0.1) is 0 Å². The average molecular weight is 608 g/mol. The Morgan fingerprint density at radius 1 is 0.354 bits per heavy atom. The van der Waals surface area contributed by atoms with Crippen molar-refractivity contribution in [3.8, 4) is 77.9 Å². The van der Waals surface area contributed by atoms with E-state index in [1.165, 1.54) is 111 Å². The Hall–Kier alpha value is -6.18. The van der Waals surface area contributed by atoms with E-state index in [2.05, 4.69) is 163 Å². The molecule has 1 N–H and O–H groups in total. The summed E-state index contributed by atoms with van der Waals surface area (Å²) in [5.41, 5.74) is 20.8. The molecule has 0 radical (unpaired) electrons. The summed E-state index contributed by atoms with van der Waals surface area (Å²) in [5.74, 6) is 0. The van der Waals surface area contributed by atoms with Crippen LogP contribution in [0.2, 0.25) is 0 Å². The maximum absolute atomic E-state index is 3.47. The van der Waals surface area contributed by atoms with Gasteiger partial charge in [0.05, 0.1) is 0 Å². The Kier molecular flexibility index (Phi) is 5.23. The summed E-state index contributed by atoms with van der Waals surface area (Å²) >= 11 is 0. The van der Waals surface area contributed by atoms with Gasteiger partial charge in [-0.3, -0.25) is 0 Å². The molecule has 0 fully saturated rings. The Balaban J connectivity index is 1.19. The summed E-state index contributed by atoms with van der Waals surface area (Å²) in [5, 5.41) is 8.80. The molecule has 0 saturated carbocycles. The molecular formula is C47H29N. The molecule has 0 saturated heterocycles. The summed E-state index contributed by atoms with van der Waals surface area (Å²) in [6.45, 7) is 0.820. The molecule has 3 aliphatic rings. The molecule has 0 amide bonds. The predicted octanol–water partition coefficient (Wildman–Crippen LogP) is 12.4. The van der Waals surface area contributed by atoms with Crippen LogP contribution in [-0.4, -0.2) is 0 Å². The fourth-order valence-corrected chi connectivity index (χ4v) is 8.75. The Morgan fingerprint density at radius 2 is 0.771 bits per heavy atom. The first-order valence-corrected chi connectivity index (χ1v) is 16.8. The van der Waals surface area contributed by atoms with Gasteiger partial charge in [0.1, 0.15) is 0 Å². The molecule has 1 aliphatic heterocycles. The maximum atomic E-state index is 3.47. The van der Waals surface area contributed by atoms with Crippen molar-refractivity contribution in [1.29, 1.82) is 0 Å². The highest BCUT2D eigenvalue weighted by atomic mass is 14.8. The lowest BCUT2D eigenvalue weighted by Gasteiger charge is -2.19. The molecule has 0 spiro atoms. The highest BCUT2D eigenvalue weighted by Crippen LogP contribution is 2.52. The average Bonchev–Trinajstić information content (AvgIpc) is 3.66. The molecule has 1 heterocycles. The van der Waals surface area contributed by atoms with Gasteiger partial charge in [-0.2, -0.15) is 0 Å². The van der Waals surface area contributed by atoms with Gasteiger partial charge in [0, 0.05) is 6.54 Å². The third kappa shape index (κ3) is 3.51. The van der Waals surface area contributed by atoms with Crippen molar-refractivity contribution in [1.82, 2.24) is 5.32 Å². The van der Waals surface area contributed by atoms with E-state index in [0.29, 0.717) is 0 Å². The lowest BCUT2D eigenvalue weighted by atomic mass is 9.86. The van der Waals surface area contributed by atoms with Gasteiger partial charge >= 0.3 is 0 Å². The third-order valence-electron chi connectivity index (χ3n) is 10.8. The second-order valence-electron chi connectivity index (χ2n) is 13.3. The standard InChI is InChI=1S/C47H29N/c1-3-11-37-35(9-1)41-16-6-14-39-33(18-20-43(37)46(39)41)30-24-29(32-13-5-8-28-22-23-48-27-45(28)32)25-31(26-30)34-19-21-44-38-12-4-2-10-36(38)42-17-7-15-40(34)47(42)44/h1-26,48H,27H2. The van der Waals surface area contributed by atoms with E-state index in [4.69, 9.17) is 0 Å². The van der Waals surface area contributed by atoms with Gasteiger partial charge < -0.3 is 5.32 Å². The van der Waals surface area contributed by atoms with Crippen LogP contribution in [-0.2, 0) is 6.54 Å². The Morgan fingerprint density at radius 3 is 1.31 bits per heavy atom. The van der Waals surface area contributed by atoms with Gasteiger partial charge in [-0.1, -0.05) is 127 Å². The molecule has 0 unspecified atom stereocenters. The fraction of sp³-hybridized carbons (Fsp3) is 0.0213. The smallest absolute Gasteiger partial charge is 0.0407 e. The van der Waals surface area contributed by atoms with Crippen molar-refractivity contribution in [2.75, 3.05) is 0 Å². The van der Waals surface area contributed by atoms with E-state index < -0.39 is 0 Å². The zero-order valence-corrected chi connectivity index (χ0v) is 26.2. The van der Waals surface area contributed by atoms with Crippen LogP contribution in [0.1, 0.15) is 11.1 Å². The number of hydrogen-bond donors (Lipinski definition) is 1. The van der Waals surface area contributed by atoms with Crippen molar-refractivity contribution in [3.63, 3.8) is 0 Å². The fourth-order valence-electron chi connectivity index (χ4n) is 8.75. The zero-order valence-electron chi connectivity index (χ0n) is 26.2. The molecule has 0 atom stereocenters. The zero-order chi connectivity index (χ0) is 31.3. The quantitative estimate of drug-likeness (QED) is 0.211. The lowest BCUT2D eigenvalue weighted by molar-refractivity contribution is 0.861. The van der Waals surface area contributed by atoms with Crippen LogP contribution in [0.25, 0.3) is 106 Å². The van der Waals surface area contributed by atoms with Crippen LogP contribution in [0.5, 0.6) is 0 Å². The van der Waals surface area contributed by atoms with Crippen LogP contribution in [0.15, 0.2) is 152 Å². The summed E-state index contributed by atoms with van der Waals surface area (Å²) < 4.78 is 0. The van der Waals surface area contributed by atoms with Gasteiger partial charge in [0.25, 0.3) is 0 Å². The van der Waals surface area contributed by atoms with Gasteiger partial charge in [0.2, 0.25) is 0 Å². The molecule has 1 nitrogen and oxygen atoms in total. The number of nitrogens with one attached hydrogen (secondary N) is 1. The highest BCUT2D eigenvalue weighted by molar-refractivity contribution is 6.20. The molecule has 8 aromatic carbocycles. The van der Waals surface area contributed by atoms with Crippen LogP contribution < -0.4 is 5.32 Å². The van der Waals surface area contributed by atoms with Gasteiger partial charge in [-0.25, -0.2) is 0 Å². The van der Waals surface area contributed by atoms with Gasteiger partial charge in [0.15, 0.2) is 0 Å². The van der Waals surface area contributed by atoms with Crippen molar-refractivity contribution < 1.29 is 0 Å². The Labute approximate surface area is 279 Å². The number of fused-ring (bicyclic) bond motifs is 7. The summed E-state index contributed by atoms with van der Waals surface area (Å²) in [4.78, 5) is 0. The van der Waals surface area contributed by atoms with Crippen molar-refractivity contribution >= 4 is 27.6 Å². The SMILES string of the molecule is C1=Cc2cccc(-c3cc(-c4ccc5c6c(cccc46)-c4ccccc4-5)cc(-c4ccc5c6c(cccc46)-c4ccccc4-5)c3)c2CN1. The molecule has 0 bridgehead atoms. The van der Waals surface area contributed by atoms with Crippen LogP contribution in [0.3, 0.4) is 0 Å². The highest BCUT2D eigenvalue weighted by Gasteiger charge is 2.25. The molecular weight excluding hydrogens is 579 g/mol.